The van der Waals surface area contributed by atoms with Gasteiger partial charge in [0.2, 0.25) is 0 Å². The molecule has 0 amide bonds. The Bertz CT molecular complexity index is 1220. The number of aryl methyl sites for hydroxylation is 1. The molecule has 4 aromatic carbocycles. The van der Waals surface area contributed by atoms with E-state index in [1.54, 1.807) is 0 Å². The van der Waals surface area contributed by atoms with Crippen molar-refractivity contribution in [2.24, 2.45) is 0 Å². The van der Waals surface area contributed by atoms with E-state index in [0.717, 1.165) is 17.5 Å². The molecule has 4 aromatic rings. The van der Waals surface area contributed by atoms with Crippen molar-refractivity contribution in [1.29, 1.82) is 10.5 Å². The summed E-state index contributed by atoms with van der Waals surface area (Å²) in [5.41, 5.74) is 9.75. The maximum atomic E-state index is 8.99. The van der Waals surface area contributed by atoms with Crippen molar-refractivity contribution in [2.75, 3.05) is 0 Å². The second-order valence-electron chi connectivity index (χ2n) is 7.52. The molecule has 0 N–H and O–H groups in total. The van der Waals surface area contributed by atoms with Gasteiger partial charge in [0.05, 0.1) is 23.3 Å². The molecule has 0 saturated carbocycles. The molecular weight excluding hydrogens is 491 g/mol. The van der Waals surface area contributed by atoms with Crippen molar-refractivity contribution >= 4 is 22.6 Å². The number of hydrogen-bond acceptors (Lipinski definition) is 2. The van der Waals surface area contributed by atoms with Crippen LogP contribution in [0.15, 0.2) is 84.9 Å². The maximum absolute atomic E-state index is 8.99. The first-order chi connectivity index (χ1) is 15.1. The molecule has 148 valence electrons. The van der Waals surface area contributed by atoms with Gasteiger partial charge in [-0.3, -0.25) is 0 Å². The molecular formula is C28H19IN2. The summed E-state index contributed by atoms with van der Waals surface area (Å²) in [7, 11) is 0. The first kappa shape index (κ1) is 20.8. The number of hydrogen-bond donors (Lipinski definition) is 0. The lowest BCUT2D eigenvalue weighted by Crippen LogP contribution is -1.93. The summed E-state index contributed by atoms with van der Waals surface area (Å²) in [6, 6.07) is 33.0. The molecule has 0 aliphatic carbocycles. The number of benzene rings is 4. The van der Waals surface area contributed by atoms with E-state index in [9.17, 15) is 0 Å². The predicted octanol–water partition coefficient (Wildman–Crippen LogP) is 7.27. The average molecular weight is 510 g/mol. The van der Waals surface area contributed by atoms with Crippen LogP contribution in [-0.2, 0) is 6.42 Å². The van der Waals surface area contributed by atoms with Gasteiger partial charge in [0, 0.05) is 3.57 Å². The Labute approximate surface area is 196 Å². The van der Waals surface area contributed by atoms with Gasteiger partial charge in [0.15, 0.2) is 0 Å². The van der Waals surface area contributed by atoms with Gasteiger partial charge < -0.3 is 0 Å². The van der Waals surface area contributed by atoms with Gasteiger partial charge in [-0.05, 0) is 105 Å². The minimum absolute atomic E-state index is 0.676. The first-order valence-corrected chi connectivity index (χ1v) is 11.0. The molecule has 0 radical (unpaired) electrons. The van der Waals surface area contributed by atoms with E-state index in [0.29, 0.717) is 11.1 Å². The highest BCUT2D eigenvalue weighted by atomic mass is 127. The molecule has 0 bridgehead atoms. The van der Waals surface area contributed by atoms with Crippen molar-refractivity contribution in [3.05, 3.63) is 116 Å². The molecule has 0 saturated heterocycles. The van der Waals surface area contributed by atoms with Crippen LogP contribution in [0.25, 0.3) is 22.3 Å². The van der Waals surface area contributed by atoms with Crippen LogP contribution >= 0.6 is 22.6 Å². The fourth-order valence-corrected chi connectivity index (χ4v) is 4.64. The zero-order valence-electron chi connectivity index (χ0n) is 17.1. The van der Waals surface area contributed by atoms with E-state index < -0.39 is 0 Å². The summed E-state index contributed by atoms with van der Waals surface area (Å²) in [5.74, 6) is 0. The lowest BCUT2D eigenvalue weighted by atomic mass is 9.95. The third-order valence-corrected chi connectivity index (χ3v) is 6.28. The molecule has 4 rings (SSSR count). The smallest absolute Gasteiger partial charge is 0.0991 e. The average Bonchev–Trinajstić information content (AvgIpc) is 2.80. The van der Waals surface area contributed by atoms with Gasteiger partial charge in [-0.25, -0.2) is 0 Å². The lowest BCUT2D eigenvalue weighted by Gasteiger charge is -2.11. The van der Waals surface area contributed by atoms with Crippen molar-refractivity contribution in [2.45, 2.75) is 13.3 Å². The fourth-order valence-electron chi connectivity index (χ4n) is 3.75. The molecule has 31 heavy (non-hydrogen) atoms. The zero-order valence-corrected chi connectivity index (χ0v) is 19.2. The second kappa shape index (κ2) is 9.16. The third kappa shape index (κ3) is 4.68. The largest absolute Gasteiger partial charge is 0.192 e. The SMILES string of the molecule is Cc1cc(Cc2ccc(-c3ccc(C#N)cc3)c(I)c2)ccc1-c1ccc(C#N)cc1. The molecule has 0 heterocycles. The van der Waals surface area contributed by atoms with Crippen LogP contribution in [0.5, 0.6) is 0 Å². The summed E-state index contributed by atoms with van der Waals surface area (Å²) < 4.78 is 1.20. The van der Waals surface area contributed by atoms with Gasteiger partial charge in [0.1, 0.15) is 0 Å². The third-order valence-electron chi connectivity index (χ3n) is 5.38. The first-order valence-electron chi connectivity index (χ1n) is 9.96. The van der Waals surface area contributed by atoms with Crippen LogP contribution in [0.4, 0.5) is 0 Å². The van der Waals surface area contributed by atoms with Crippen LogP contribution in [0.3, 0.4) is 0 Å². The van der Waals surface area contributed by atoms with E-state index in [1.807, 2.05) is 48.5 Å². The van der Waals surface area contributed by atoms with Crippen LogP contribution in [0, 0.1) is 33.2 Å². The molecule has 0 aliphatic rings. The molecule has 0 atom stereocenters. The zero-order chi connectivity index (χ0) is 21.8. The van der Waals surface area contributed by atoms with Gasteiger partial charge >= 0.3 is 0 Å². The normalized spacial score (nSPS) is 10.3. The Balaban J connectivity index is 1.55. The highest BCUT2D eigenvalue weighted by Gasteiger charge is 2.08. The van der Waals surface area contributed by atoms with Crippen molar-refractivity contribution < 1.29 is 0 Å². The highest BCUT2D eigenvalue weighted by Crippen LogP contribution is 2.29. The van der Waals surface area contributed by atoms with Gasteiger partial charge in [-0.2, -0.15) is 10.5 Å². The van der Waals surface area contributed by atoms with Crippen LogP contribution in [-0.4, -0.2) is 0 Å². The summed E-state index contributed by atoms with van der Waals surface area (Å²) in [5, 5.41) is 18.0. The van der Waals surface area contributed by atoms with E-state index in [4.69, 9.17) is 10.5 Å². The summed E-state index contributed by atoms with van der Waals surface area (Å²) >= 11 is 2.39. The molecule has 2 nitrogen and oxygen atoms in total. The van der Waals surface area contributed by atoms with Gasteiger partial charge in [-0.15, -0.1) is 0 Å². The Morgan fingerprint density at radius 1 is 0.645 bits per heavy atom. The van der Waals surface area contributed by atoms with E-state index >= 15 is 0 Å². The molecule has 0 fully saturated rings. The fraction of sp³-hybridized carbons (Fsp3) is 0.0714. The Morgan fingerprint density at radius 2 is 1.13 bits per heavy atom. The van der Waals surface area contributed by atoms with E-state index in [-0.39, 0.29) is 0 Å². The minimum atomic E-state index is 0.676. The standard InChI is InChI=1S/C28H19IN2/c1-19-14-22(6-12-26(19)24-8-2-20(17-30)3-9-24)15-23-7-13-27(28(29)16-23)25-10-4-21(18-31)5-11-25/h2-14,16H,15H2,1H3. The van der Waals surface area contributed by atoms with Crippen molar-refractivity contribution in [3.8, 4) is 34.4 Å². The molecule has 0 spiro atoms. The van der Waals surface area contributed by atoms with Crippen LogP contribution in [0.1, 0.15) is 27.8 Å². The maximum Gasteiger partial charge on any atom is 0.0991 e. The Hall–Kier alpha value is -3.41. The molecule has 0 aromatic heterocycles. The molecule has 0 aliphatic heterocycles. The number of nitrogens with zero attached hydrogens (tertiary/aromatic N) is 2. The molecule has 0 unspecified atom stereocenters. The summed E-state index contributed by atoms with van der Waals surface area (Å²) in [6.45, 7) is 2.13. The quantitative estimate of drug-likeness (QED) is 0.271. The second-order valence-corrected chi connectivity index (χ2v) is 8.68. The van der Waals surface area contributed by atoms with Gasteiger partial charge in [0.25, 0.3) is 0 Å². The topological polar surface area (TPSA) is 47.6 Å². The Kier molecular flexibility index (Phi) is 6.16. The van der Waals surface area contributed by atoms with E-state index in [2.05, 4.69) is 78.1 Å². The number of halogens is 1. The van der Waals surface area contributed by atoms with Gasteiger partial charge in [-0.1, -0.05) is 54.6 Å². The highest BCUT2D eigenvalue weighted by molar-refractivity contribution is 14.1. The molecule has 3 heteroatoms. The Morgan fingerprint density at radius 3 is 1.61 bits per heavy atom. The predicted molar refractivity (Wildman–Crippen MR) is 133 cm³/mol. The lowest BCUT2D eigenvalue weighted by molar-refractivity contribution is 1.18. The van der Waals surface area contributed by atoms with Crippen LogP contribution in [0.2, 0.25) is 0 Å². The summed E-state index contributed by atoms with van der Waals surface area (Å²) in [4.78, 5) is 0. The minimum Gasteiger partial charge on any atom is -0.192 e. The summed E-state index contributed by atoms with van der Waals surface area (Å²) in [6.07, 6.45) is 0.873. The monoisotopic (exact) mass is 510 g/mol. The van der Waals surface area contributed by atoms with Crippen molar-refractivity contribution in [1.82, 2.24) is 0 Å². The van der Waals surface area contributed by atoms with Crippen molar-refractivity contribution in [3.63, 3.8) is 0 Å². The van der Waals surface area contributed by atoms with Crippen LogP contribution < -0.4 is 0 Å². The van der Waals surface area contributed by atoms with E-state index in [1.165, 1.54) is 31.4 Å². The number of rotatable bonds is 4. The number of nitriles is 2.